The van der Waals surface area contributed by atoms with Crippen LogP contribution in [0.4, 0.5) is 0 Å². The third kappa shape index (κ3) is 4.44. The fourth-order valence-corrected chi connectivity index (χ4v) is 4.60. The Labute approximate surface area is 199 Å². The van der Waals surface area contributed by atoms with Crippen molar-refractivity contribution >= 4 is 10.9 Å². The quantitative estimate of drug-likeness (QED) is 0.266. The van der Waals surface area contributed by atoms with Gasteiger partial charge in [0.2, 0.25) is 5.82 Å². The summed E-state index contributed by atoms with van der Waals surface area (Å²) in [6, 6.07) is 25.7. The van der Waals surface area contributed by atoms with E-state index in [1.165, 1.54) is 58.1 Å². The number of aryl methyl sites for hydroxylation is 2. The van der Waals surface area contributed by atoms with Gasteiger partial charge in [0.05, 0.1) is 5.69 Å². The normalized spacial score (nSPS) is 11.2. The fourth-order valence-electron chi connectivity index (χ4n) is 4.60. The van der Waals surface area contributed by atoms with Crippen LogP contribution in [0.5, 0.6) is 5.75 Å². The molecule has 0 aliphatic rings. The van der Waals surface area contributed by atoms with Gasteiger partial charge in [0.15, 0.2) is 6.61 Å². The predicted molar refractivity (Wildman–Crippen MR) is 136 cm³/mol. The largest absolute Gasteiger partial charge is 0.485 e. The van der Waals surface area contributed by atoms with Gasteiger partial charge < -0.3 is 9.30 Å². The molecule has 5 rings (SSSR count). The van der Waals surface area contributed by atoms with Crippen molar-refractivity contribution in [1.29, 1.82) is 0 Å². The van der Waals surface area contributed by atoms with Crippen molar-refractivity contribution in [2.45, 2.75) is 39.2 Å². The highest BCUT2D eigenvalue weighted by Crippen LogP contribution is 2.36. The number of nitrogens with one attached hydrogen (secondary N) is 1. The molecule has 3 aromatic carbocycles. The summed E-state index contributed by atoms with van der Waals surface area (Å²) in [6.45, 7) is 2.55. The Balaban J connectivity index is 1.48. The van der Waals surface area contributed by atoms with E-state index >= 15 is 0 Å². The van der Waals surface area contributed by atoms with Crippen LogP contribution in [0.3, 0.4) is 0 Å². The van der Waals surface area contributed by atoms with E-state index in [0.29, 0.717) is 5.82 Å². The van der Waals surface area contributed by atoms with Crippen LogP contribution in [-0.4, -0.2) is 25.2 Å². The van der Waals surface area contributed by atoms with Crippen LogP contribution >= 0.6 is 0 Å². The number of H-pyrrole nitrogens is 1. The molecule has 34 heavy (non-hydrogen) atoms. The summed E-state index contributed by atoms with van der Waals surface area (Å²) in [5.74, 6) is 1.31. The Kier molecular flexibility index (Phi) is 6.38. The van der Waals surface area contributed by atoms with Crippen LogP contribution in [-0.2, 0) is 20.1 Å². The number of rotatable bonds is 9. The van der Waals surface area contributed by atoms with E-state index in [-0.39, 0.29) is 6.61 Å². The van der Waals surface area contributed by atoms with E-state index in [9.17, 15) is 0 Å². The van der Waals surface area contributed by atoms with Crippen molar-refractivity contribution in [3.8, 4) is 28.1 Å². The summed E-state index contributed by atoms with van der Waals surface area (Å²) >= 11 is 0. The Bertz CT molecular complexity index is 1360. The molecule has 6 heteroatoms. The van der Waals surface area contributed by atoms with Crippen LogP contribution in [0.1, 0.15) is 37.6 Å². The molecule has 2 aromatic heterocycles. The van der Waals surface area contributed by atoms with E-state index in [1.54, 1.807) is 0 Å². The van der Waals surface area contributed by atoms with Gasteiger partial charge in [-0.3, -0.25) is 0 Å². The van der Waals surface area contributed by atoms with Gasteiger partial charge in [0, 0.05) is 18.0 Å². The molecule has 0 atom stereocenters. The summed E-state index contributed by atoms with van der Waals surface area (Å²) in [5, 5.41) is 15.2. The third-order valence-electron chi connectivity index (χ3n) is 6.33. The first kappa shape index (κ1) is 21.9. The van der Waals surface area contributed by atoms with Gasteiger partial charge >= 0.3 is 0 Å². The van der Waals surface area contributed by atoms with Crippen LogP contribution < -0.4 is 4.74 Å². The summed E-state index contributed by atoms with van der Waals surface area (Å²) in [7, 11) is 2.18. The number of hydrogen-bond acceptors (Lipinski definition) is 4. The molecule has 1 N–H and O–H groups in total. The fraction of sp³-hybridized carbons (Fsp3) is 0.250. The molecular formula is C28H29N5O. The lowest BCUT2D eigenvalue weighted by Gasteiger charge is -2.08. The Morgan fingerprint density at radius 2 is 1.68 bits per heavy atom. The van der Waals surface area contributed by atoms with Crippen molar-refractivity contribution in [2.24, 2.45) is 7.05 Å². The van der Waals surface area contributed by atoms with Crippen LogP contribution in [0.2, 0.25) is 0 Å². The Morgan fingerprint density at radius 1 is 0.882 bits per heavy atom. The first-order valence-corrected chi connectivity index (χ1v) is 11.9. The number of hydrogen-bond donors (Lipinski definition) is 1. The molecule has 6 nitrogen and oxygen atoms in total. The molecule has 0 saturated carbocycles. The lowest BCUT2D eigenvalue weighted by molar-refractivity contribution is 0.296. The highest BCUT2D eigenvalue weighted by molar-refractivity contribution is 5.94. The molecule has 0 radical (unpaired) electrons. The molecule has 0 amide bonds. The number of aromatic nitrogens is 5. The maximum Gasteiger partial charge on any atom is 0.211 e. The molecule has 2 heterocycles. The number of tetrazole rings is 1. The molecule has 0 bridgehead atoms. The van der Waals surface area contributed by atoms with Crippen molar-refractivity contribution in [2.75, 3.05) is 0 Å². The lowest BCUT2D eigenvalue weighted by Crippen LogP contribution is -1.97. The maximum atomic E-state index is 5.77. The van der Waals surface area contributed by atoms with Gasteiger partial charge in [0.1, 0.15) is 5.75 Å². The summed E-state index contributed by atoms with van der Waals surface area (Å²) in [5.41, 5.74) is 7.69. The average Bonchev–Trinajstić information content (AvgIpc) is 3.50. The zero-order valence-corrected chi connectivity index (χ0v) is 19.7. The topological polar surface area (TPSA) is 68.6 Å². The van der Waals surface area contributed by atoms with Crippen LogP contribution in [0, 0.1) is 0 Å². The summed E-state index contributed by atoms with van der Waals surface area (Å²) in [4.78, 5) is 0. The van der Waals surface area contributed by atoms with Gasteiger partial charge in [0.25, 0.3) is 0 Å². The minimum atomic E-state index is 0.287. The highest BCUT2D eigenvalue weighted by Gasteiger charge is 2.17. The van der Waals surface area contributed by atoms with Crippen molar-refractivity contribution in [3.63, 3.8) is 0 Å². The first-order valence-electron chi connectivity index (χ1n) is 11.9. The zero-order chi connectivity index (χ0) is 23.3. The number of aromatic amines is 1. The Hall–Kier alpha value is -3.93. The van der Waals surface area contributed by atoms with E-state index in [4.69, 9.17) is 4.74 Å². The summed E-state index contributed by atoms with van der Waals surface area (Å²) in [6.07, 6.45) is 4.75. The molecule has 0 aliphatic heterocycles. The number of ether oxygens (including phenoxy) is 1. The molecule has 0 spiro atoms. The molecule has 0 saturated heterocycles. The molecule has 0 aliphatic carbocycles. The van der Waals surface area contributed by atoms with Crippen LogP contribution in [0.25, 0.3) is 33.3 Å². The van der Waals surface area contributed by atoms with Gasteiger partial charge in [-0.05, 0) is 59.4 Å². The number of unbranched alkanes of at least 4 members (excludes halogenated alkanes) is 2. The average molecular weight is 452 g/mol. The number of fused-ring (bicyclic) bond motifs is 1. The Morgan fingerprint density at radius 3 is 2.41 bits per heavy atom. The molecule has 172 valence electrons. The van der Waals surface area contributed by atoms with Gasteiger partial charge in [-0.1, -0.05) is 73.5 Å². The van der Waals surface area contributed by atoms with E-state index in [2.05, 4.69) is 99.8 Å². The molecule has 0 unspecified atom stereocenters. The van der Waals surface area contributed by atoms with Crippen molar-refractivity contribution < 1.29 is 4.74 Å². The third-order valence-corrected chi connectivity index (χ3v) is 6.33. The van der Waals surface area contributed by atoms with E-state index < -0.39 is 0 Å². The lowest BCUT2D eigenvalue weighted by atomic mass is 9.97. The van der Waals surface area contributed by atoms with Crippen molar-refractivity contribution in [3.05, 3.63) is 84.2 Å². The second-order valence-corrected chi connectivity index (χ2v) is 8.58. The van der Waals surface area contributed by atoms with E-state index in [0.717, 1.165) is 12.2 Å². The van der Waals surface area contributed by atoms with Crippen molar-refractivity contribution in [1.82, 2.24) is 25.2 Å². The molecule has 0 fully saturated rings. The van der Waals surface area contributed by atoms with Gasteiger partial charge in [-0.25, -0.2) is 0 Å². The first-order chi connectivity index (χ1) is 16.7. The number of benzene rings is 3. The molecular weight excluding hydrogens is 422 g/mol. The standard InChI is InChI=1S/C28H29N5O/c1-3-4-6-11-24-25-18-22(14-17-26(25)33(2)28(24)21-9-7-5-8-10-21)20-12-15-23(16-13-20)34-19-27-29-31-32-30-27/h5,7-10,12-18H,3-4,6,11,19H2,1-2H3,(H,29,30,31,32). The van der Waals surface area contributed by atoms with Gasteiger partial charge in [-0.15, -0.1) is 10.2 Å². The van der Waals surface area contributed by atoms with E-state index in [1.807, 2.05) is 12.1 Å². The number of nitrogens with zero attached hydrogens (tertiary/aromatic N) is 4. The highest BCUT2D eigenvalue weighted by atomic mass is 16.5. The second-order valence-electron chi connectivity index (χ2n) is 8.58. The maximum absolute atomic E-state index is 5.77. The molecule has 5 aromatic rings. The zero-order valence-electron chi connectivity index (χ0n) is 19.7. The predicted octanol–water partition coefficient (Wildman–Crippen LogP) is 6.34. The smallest absolute Gasteiger partial charge is 0.211 e. The minimum Gasteiger partial charge on any atom is -0.485 e. The monoisotopic (exact) mass is 451 g/mol. The summed E-state index contributed by atoms with van der Waals surface area (Å²) < 4.78 is 8.12. The minimum absolute atomic E-state index is 0.287. The van der Waals surface area contributed by atoms with Gasteiger partial charge in [-0.2, -0.15) is 5.21 Å². The second kappa shape index (κ2) is 9.91. The van der Waals surface area contributed by atoms with Crippen LogP contribution in [0.15, 0.2) is 72.8 Å². The SMILES string of the molecule is CCCCCc1c(-c2ccccc2)n(C)c2ccc(-c3ccc(OCc4nn[nH]n4)cc3)cc12.